The molecule has 0 radical (unpaired) electrons. The van der Waals surface area contributed by atoms with Crippen LogP contribution in [-0.4, -0.2) is 69.6 Å². The van der Waals surface area contributed by atoms with Crippen molar-refractivity contribution in [3.05, 3.63) is 24.3 Å². The first kappa shape index (κ1) is 20.8. The summed E-state index contributed by atoms with van der Waals surface area (Å²) in [5, 5.41) is 9.15. The molecule has 2 heterocycles. The lowest BCUT2D eigenvalue weighted by atomic mass is 10.0. The molecule has 1 N–H and O–H groups in total. The summed E-state index contributed by atoms with van der Waals surface area (Å²) in [5.41, 5.74) is 1.87. The zero-order valence-corrected chi connectivity index (χ0v) is 18.1. The van der Waals surface area contributed by atoms with Gasteiger partial charge >= 0.3 is 6.03 Å². The van der Waals surface area contributed by atoms with Gasteiger partial charge in [0.25, 0.3) is 0 Å². The minimum atomic E-state index is -1.21. The largest absolute Gasteiger partial charge is 0.396 e. The van der Waals surface area contributed by atoms with Crippen molar-refractivity contribution in [1.29, 1.82) is 0 Å². The lowest BCUT2D eigenvalue weighted by Crippen LogP contribution is -2.53. The van der Waals surface area contributed by atoms with Crippen LogP contribution in [0.2, 0.25) is 25.7 Å². The molecule has 3 rings (SSSR count). The van der Waals surface area contributed by atoms with Crippen LogP contribution in [0.4, 0.5) is 16.2 Å². The van der Waals surface area contributed by atoms with Crippen LogP contribution in [-0.2, 0) is 9.53 Å². The van der Waals surface area contributed by atoms with Crippen LogP contribution in [0.15, 0.2) is 24.3 Å². The number of hydrogen-bond acceptors (Lipinski definition) is 5. The highest BCUT2D eigenvalue weighted by atomic mass is 28.3. The molecule has 0 spiro atoms. The summed E-state index contributed by atoms with van der Waals surface area (Å²) in [6.45, 7) is 9.72. The number of carbonyl (C=O) groups is 2. The molecular weight excluding hydrogens is 374 g/mol. The standard InChI is InChI=1S/C20H31N3O4Si/c1-28(2,3)11-10-27-15-23-19(25)8-9-22(20(23)26)18-6-4-17(5-7-18)21-12-16(13-21)14-24/h4-7,16,24H,8-15H2,1-3H3. The first-order valence-electron chi connectivity index (χ1n) is 9.94. The highest BCUT2D eigenvalue weighted by molar-refractivity contribution is 6.76. The highest BCUT2D eigenvalue weighted by Crippen LogP contribution is 2.28. The summed E-state index contributed by atoms with van der Waals surface area (Å²) in [4.78, 5) is 30.1. The Labute approximate surface area is 167 Å². The number of nitrogens with zero attached hydrogens (tertiary/aromatic N) is 3. The van der Waals surface area contributed by atoms with E-state index in [2.05, 4.69) is 24.5 Å². The van der Waals surface area contributed by atoms with E-state index in [1.807, 2.05) is 24.3 Å². The lowest BCUT2D eigenvalue weighted by molar-refractivity contribution is -0.133. The van der Waals surface area contributed by atoms with E-state index in [1.54, 1.807) is 4.90 Å². The molecule has 7 nitrogen and oxygen atoms in total. The minimum absolute atomic E-state index is 0.0209. The average Bonchev–Trinajstić information content (AvgIpc) is 2.60. The Morgan fingerprint density at radius 1 is 1.11 bits per heavy atom. The van der Waals surface area contributed by atoms with Crippen LogP contribution in [0.5, 0.6) is 0 Å². The maximum absolute atomic E-state index is 12.8. The zero-order chi connectivity index (χ0) is 20.3. The van der Waals surface area contributed by atoms with Crippen LogP contribution in [0.1, 0.15) is 6.42 Å². The molecule has 1 aromatic rings. The number of anilines is 2. The number of aliphatic hydroxyl groups excluding tert-OH is 1. The fourth-order valence-corrected chi connectivity index (χ4v) is 4.09. The Balaban J connectivity index is 1.58. The van der Waals surface area contributed by atoms with Gasteiger partial charge in [-0.15, -0.1) is 0 Å². The van der Waals surface area contributed by atoms with Crippen molar-refractivity contribution in [3.8, 4) is 0 Å². The van der Waals surface area contributed by atoms with Crippen molar-refractivity contribution in [1.82, 2.24) is 4.90 Å². The molecule has 154 valence electrons. The van der Waals surface area contributed by atoms with Crippen molar-refractivity contribution < 1.29 is 19.4 Å². The smallest absolute Gasteiger partial charge is 0.333 e. The van der Waals surface area contributed by atoms with Crippen molar-refractivity contribution in [2.75, 3.05) is 49.4 Å². The Morgan fingerprint density at radius 2 is 1.75 bits per heavy atom. The van der Waals surface area contributed by atoms with Gasteiger partial charge in [-0.05, 0) is 30.3 Å². The second-order valence-electron chi connectivity index (χ2n) is 8.82. The van der Waals surface area contributed by atoms with E-state index in [9.17, 15) is 9.59 Å². The molecule has 8 heteroatoms. The quantitative estimate of drug-likeness (QED) is 0.532. The van der Waals surface area contributed by atoms with Gasteiger partial charge in [0.05, 0.1) is 0 Å². The third-order valence-electron chi connectivity index (χ3n) is 5.27. The van der Waals surface area contributed by atoms with Crippen molar-refractivity contribution >= 4 is 31.4 Å². The number of hydrogen-bond donors (Lipinski definition) is 1. The summed E-state index contributed by atoms with van der Waals surface area (Å²) in [7, 11) is -1.21. The minimum Gasteiger partial charge on any atom is -0.396 e. The van der Waals surface area contributed by atoms with Crippen molar-refractivity contribution in [3.63, 3.8) is 0 Å². The fourth-order valence-electron chi connectivity index (χ4n) is 3.33. The van der Waals surface area contributed by atoms with Gasteiger partial charge in [-0.3, -0.25) is 9.69 Å². The highest BCUT2D eigenvalue weighted by Gasteiger charge is 2.33. The van der Waals surface area contributed by atoms with Crippen LogP contribution in [0.3, 0.4) is 0 Å². The van der Waals surface area contributed by atoms with Gasteiger partial charge in [0.1, 0.15) is 6.73 Å². The van der Waals surface area contributed by atoms with E-state index in [1.165, 1.54) is 4.90 Å². The number of ether oxygens (including phenoxy) is 1. The van der Waals surface area contributed by atoms with E-state index in [4.69, 9.17) is 9.84 Å². The SMILES string of the molecule is C[Si](C)(C)CCOCN1C(=O)CCN(c2ccc(N3CC(CO)C3)cc2)C1=O. The molecule has 2 fully saturated rings. The topological polar surface area (TPSA) is 73.3 Å². The average molecular weight is 406 g/mol. The van der Waals surface area contributed by atoms with Gasteiger partial charge in [0.15, 0.2) is 0 Å². The van der Waals surface area contributed by atoms with Crippen LogP contribution in [0, 0.1) is 5.92 Å². The summed E-state index contributed by atoms with van der Waals surface area (Å²) in [6.07, 6.45) is 0.301. The zero-order valence-electron chi connectivity index (χ0n) is 17.1. The molecule has 2 aliphatic heterocycles. The first-order chi connectivity index (χ1) is 13.3. The lowest BCUT2D eigenvalue weighted by Gasteiger charge is -2.40. The van der Waals surface area contributed by atoms with Crippen LogP contribution >= 0.6 is 0 Å². The van der Waals surface area contributed by atoms with Gasteiger partial charge in [0, 0.05) is 64.6 Å². The molecule has 0 bridgehead atoms. The number of rotatable bonds is 8. The monoisotopic (exact) mass is 405 g/mol. The fraction of sp³-hybridized carbons (Fsp3) is 0.600. The van der Waals surface area contributed by atoms with E-state index >= 15 is 0 Å². The third kappa shape index (κ3) is 4.92. The van der Waals surface area contributed by atoms with Gasteiger partial charge < -0.3 is 14.7 Å². The molecule has 0 unspecified atom stereocenters. The predicted octanol–water partition coefficient (Wildman–Crippen LogP) is 2.59. The molecule has 1 aromatic carbocycles. The van der Waals surface area contributed by atoms with Gasteiger partial charge in [-0.25, -0.2) is 9.69 Å². The summed E-state index contributed by atoms with van der Waals surface area (Å²) < 4.78 is 5.63. The second-order valence-corrected chi connectivity index (χ2v) is 14.4. The maximum Gasteiger partial charge on any atom is 0.333 e. The molecule has 28 heavy (non-hydrogen) atoms. The first-order valence-corrected chi connectivity index (χ1v) is 13.6. The second kappa shape index (κ2) is 8.63. The van der Waals surface area contributed by atoms with Gasteiger partial charge in [-0.1, -0.05) is 19.6 Å². The molecule has 0 aliphatic carbocycles. The molecular formula is C20H31N3O4Si. The Hall–Kier alpha value is -1.90. The normalized spacial score (nSPS) is 18.6. The number of benzene rings is 1. The number of carbonyl (C=O) groups excluding carboxylic acids is 2. The van der Waals surface area contributed by atoms with E-state index in [-0.39, 0.29) is 25.3 Å². The predicted molar refractivity (Wildman–Crippen MR) is 112 cm³/mol. The van der Waals surface area contributed by atoms with E-state index in [0.717, 1.165) is 30.5 Å². The van der Waals surface area contributed by atoms with E-state index < -0.39 is 8.07 Å². The third-order valence-corrected chi connectivity index (χ3v) is 6.97. The van der Waals surface area contributed by atoms with Crippen molar-refractivity contribution in [2.24, 2.45) is 5.92 Å². The van der Waals surface area contributed by atoms with Gasteiger partial charge in [0.2, 0.25) is 5.91 Å². The van der Waals surface area contributed by atoms with Gasteiger partial charge in [-0.2, -0.15) is 0 Å². The number of imide groups is 1. The van der Waals surface area contributed by atoms with E-state index in [0.29, 0.717) is 25.5 Å². The molecule has 3 amide bonds. The number of aliphatic hydroxyl groups is 1. The van der Waals surface area contributed by atoms with Crippen LogP contribution in [0.25, 0.3) is 0 Å². The summed E-state index contributed by atoms with van der Waals surface area (Å²) >= 11 is 0. The summed E-state index contributed by atoms with van der Waals surface area (Å²) in [6, 6.07) is 8.49. The molecule has 2 aliphatic rings. The van der Waals surface area contributed by atoms with Crippen molar-refractivity contribution in [2.45, 2.75) is 32.1 Å². The Morgan fingerprint density at radius 3 is 2.36 bits per heavy atom. The maximum atomic E-state index is 12.8. The number of urea groups is 1. The van der Waals surface area contributed by atoms with Crippen LogP contribution < -0.4 is 9.80 Å². The number of amides is 3. The molecule has 2 saturated heterocycles. The Bertz CT molecular complexity index is 698. The molecule has 0 saturated carbocycles. The Kier molecular flexibility index (Phi) is 6.42. The molecule has 0 atom stereocenters. The summed E-state index contributed by atoms with van der Waals surface area (Å²) in [5.74, 6) is 0.172. The molecule has 0 aromatic heterocycles.